The fourth-order valence-electron chi connectivity index (χ4n) is 0.878. The molecule has 1 rings (SSSR count). The Morgan fingerprint density at radius 3 is 2.93 bits per heavy atom. The van der Waals surface area contributed by atoms with Gasteiger partial charge in [0.05, 0.1) is 6.20 Å². The highest BCUT2D eigenvalue weighted by molar-refractivity contribution is 6.28. The Kier molecular flexibility index (Phi) is 3.66. The Balaban J connectivity index is 2.84. The van der Waals surface area contributed by atoms with Gasteiger partial charge in [0.2, 0.25) is 5.28 Å². The van der Waals surface area contributed by atoms with Crippen LogP contribution in [-0.2, 0) is 0 Å². The monoisotopic (exact) mass is 210 g/mol. The first-order valence-electron chi connectivity index (χ1n) is 4.30. The molecule has 14 heavy (non-hydrogen) atoms. The maximum Gasteiger partial charge on any atom is 0.224 e. The van der Waals surface area contributed by atoms with Crippen molar-refractivity contribution in [3.63, 3.8) is 0 Å². The lowest BCUT2D eigenvalue weighted by molar-refractivity contribution is 0.686. The second kappa shape index (κ2) is 4.77. The zero-order valence-electron chi connectivity index (χ0n) is 8.08. The van der Waals surface area contributed by atoms with Gasteiger partial charge in [0.1, 0.15) is 17.5 Å². The lowest BCUT2D eigenvalue weighted by Gasteiger charge is -2.08. The predicted octanol–water partition coefficient (Wildman–Crippen LogP) is 2.07. The molecule has 0 fully saturated rings. The minimum atomic E-state index is 0.148. The van der Waals surface area contributed by atoms with Gasteiger partial charge in [0.25, 0.3) is 0 Å². The first-order valence-corrected chi connectivity index (χ1v) is 4.67. The minimum absolute atomic E-state index is 0.148. The summed E-state index contributed by atoms with van der Waals surface area (Å²) >= 11 is 5.62. The van der Waals surface area contributed by atoms with Crippen molar-refractivity contribution in [2.75, 3.05) is 11.9 Å². The van der Waals surface area contributed by atoms with E-state index in [4.69, 9.17) is 16.9 Å². The lowest BCUT2D eigenvalue weighted by Crippen LogP contribution is -2.10. The molecular formula is C9H11ClN4. The molecule has 0 aliphatic rings. The SMILES string of the molecule is CC(C)CNc1nc(Cl)ncc1C#N. The van der Waals surface area contributed by atoms with Crippen LogP contribution in [0.2, 0.25) is 5.28 Å². The summed E-state index contributed by atoms with van der Waals surface area (Å²) in [5.74, 6) is 0.983. The molecule has 0 aliphatic heterocycles. The molecule has 0 saturated carbocycles. The summed E-state index contributed by atoms with van der Waals surface area (Å²) in [4.78, 5) is 7.67. The van der Waals surface area contributed by atoms with Crippen LogP contribution in [0.5, 0.6) is 0 Å². The van der Waals surface area contributed by atoms with Gasteiger partial charge in [-0.25, -0.2) is 4.98 Å². The van der Waals surface area contributed by atoms with Crippen LogP contribution in [0, 0.1) is 17.2 Å². The van der Waals surface area contributed by atoms with Crippen LogP contribution < -0.4 is 5.32 Å². The molecule has 0 saturated heterocycles. The molecule has 1 N–H and O–H groups in total. The van der Waals surface area contributed by atoms with E-state index < -0.39 is 0 Å². The standard InChI is InChI=1S/C9H11ClN4/c1-6(2)4-12-8-7(3-11)5-13-9(10)14-8/h5-6H,4H2,1-2H3,(H,12,13,14). The number of anilines is 1. The number of nitrogens with one attached hydrogen (secondary N) is 1. The van der Waals surface area contributed by atoms with Gasteiger partial charge in [-0.15, -0.1) is 0 Å². The van der Waals surface area contributed by atoms with Gasteiger partial charge in [0.15, 0.2) is 0 Å². The van der Waals surface area contributed by atoms with Gasteiger partial charge in [-0.1, -0.05) is 13.8 Å². The molecular weight excluding hydrogens is 200 g/mol. The molecule has 0 aliphatic carbocycles. The summed E-state index contributed by atoms with van der Waals surface area (Å²) < 4.78 is 0. The van der Waals surface area contributed by atoms with Crippen LogP contribution >= 0.6 is 11.6 Å². The molecule has 0 amide bonds. The highest BCUT2D eigenvalue weighted by Gasteiger charge is 2.05. The predicted molar refractivity (Wildman–Crippen MR) is 55.1 cm³/mol. The number of halogens is 1. The summed E-state index contributed by atoms with van der Waals surface area (Å²) in [5.41, 5.74) is 0.412. The Hall–Kier alpha value is -1.34. The van der Waals surface area contributed by atoms with Gasteiger partial charge in [0, 0.05) is 6.54 Å². The average Bonchev–Trinajstić information content (AvgIpc) is 2.15. The van der Waals surface area contributed by atoms with Crippen LogP contribution in [-0.4, -0.2) is 16.5 Å². The van der Waals surface area contributed by atoms with Crippen LogP contribution in [0.25, 0.3) is 0 Å². The van der Waals surface area contributed by atoms with E-state index in [9.17, 15) is 0 Å². The van der Waals surface area contributed by atoms with Gasteiger partial charge in [-0.3, -0.25) is 0 Å². The summed E-state index contributed by atoms with van der Waals surface area (Å²) in [6.45, 7) is 4.89. The van der Waals surface area contributed by atoms with Crippen LogP contribution in [0.3, 0.4) is 0 Å². The highest BCUT2D eigenvalue weighted by atomic mass is 35.5. The van der Waals surface area contributed by atoms with Crippen molar-refractivity contribution >= 4 is 17.4 Å². The number of aromatic nitrogens is 2. The number of nitrogens with zero attached hydrogens (tertiary/aromatic N) is 3. The molecule has 0 spiro atoms. The first kappa shape index (κ1) is 10.7. The molecule has 0 aromatic carbocycles. The fourth-order valence-corrected chi connectivity index (χ4v) is 1.01. The van der Waals surface area contributed by atoms with Crippen molar-refractivity contribution in [1.29, 1.82) is 5.26 Å². The summed E-state index contributed by atoms with van der Waals surface area (Å²) in [6, 6.07) is 2.00. The van der Waals surface area contributed by atoms with Gasteiger partial charge >= 0.3 is 0 Å². The van der Waals surface area contributed by atoms with Gasteiger partial charge in [-0.2, -0.15) is 10.2 Å². The Labute approximate surface area is 87.9 Å². The van der Waals surface area contributed by atoms with Crippen molar-refractivity contribution < 1.29 is 0 Å². The number of hydrogen-bond donors (Lipinski definition) is 1. The third-order valence-electron chi connectivity index (χ3n) is 1.56. The van der Waals surface area contributed by atoms with E-state index in [1.165, 1.54) is 6.20 Å². The van der Waals surface area contributed by atoms with E-state index >= 15 is 0 Å². The molecule has 74 valence electrons. The minimum Gasteiger partial charge on any atom is -0.369 e. The van der Waals surface area contributed by atoms with E-state index in [2.05, 4.69) is 29.1 Å². The maximum atomic E-state index is 8.76. The Morgan fingerprint density at radius 1 is 1.64 bits per heavy atom. The zero-order valence-corrected chi connectivity index (χ0v) is 8.84. The van der Waals surface area contributed by atoms with Crippen LogP contribution in [0.4, 0.5) is 5.82 Å². The average molecular weight is 211 g/mol. The number of hydrogen-bond acceptors (Lipinski definition) is 4. The van der Waals surface area contributed by atoms with Crippen LogP contribution in [0.15, 0.2) is 6.20 Å². The molecule has 4 nitrogen and oxygen atoms in total. The number of rotatable bonds is 3. The summed E-state index contributed by atoms with van der Waals surface area (Å²) in [7, 11) is 0. The zero-order chi connectivity index (χ0) is 10.6. The smallest absolute Gasteiger partial charge is 0.224 e. The van der Waals surface area contributed by atoms with Crippen LogP contribution in [0.1, 0.15) is 19.4 Å². The highest BCUT2D eigenvalue weighted by Crippen LogP contribution is 2.13. The van der Waals surface area contributed by atoms with Crippen molar-refractivity contribution in [3.8, 4) is 6.07 Å². The largest absolute Gasteiger partial charge is 0.369 e. The van der Waals surface area contributed by atoms with E-state index in [1.54, 1.807) is 0 Å². The molecule has 0 unspecified atom stereocenters. The molecule has 1 aromatic rings. The Morgan fingerprint density at radius 2 is 2.36 bits per heavy atom. The van der Waals surface area contributed by atoms with E-state index in [-0.39, 0.29) is 5.28 Å². The second-order valence-electron chi connectivity index (χ2n) is 3.29. The normalized spacial score (nSPS) is 9.93. The molecule has 1 aromatic heterocycles. The molecule has 5 heteroatoms. The second-order valence-corrected chi connectivity index (χ2v) is 3.63. The maximum absolute atomic E-state index is 8.76. The fraction of sp³-hybridized carbons (Fsp3) is 0.444. The molecule has 0 radical (unpaired) electrons. The Bertz CT molecular complexity index is 356. The third-order valence-corrected chi connectivity index (χ3v) is 1.74. The van der Waals surface area contributed by atoms with Crippen molar-refractivity contribution in [2.24, 2.45) is 5.92 Å². The van der Waals surface area contributed by atoms with Crippen molar-refractivity contribution in [1.82, 2.24) is 9.97 Å². The van der Waals surface area contributed by atoms with Crippen molar-refractivity contribution in [2.45, 2.75) is 13.8 Å². The first-order chi connectivity index (χ1) is 6.63. The summed E-state index contributed by atoms with van der Waals surface area (Å²) in [6.07, 6.45) is 1.41. The molecule has 0 atom stereocenters. The third kappa shape index (κ3) is 2.86. The molecule has 1 heterocycles. The van der Waals surface area contributed by atoms with E-state index in [0.29, 0.717) is 17.3 Å². The van der Waals surface area contributed by atoms with Crippen molar-refractivity contribution in [3.05, 3.63) is 17.0 Å². The van der Waals surface area contributed by atoms with E-state index in [0.717, 1.165) is 6.54 Å². The lowest BCUT2D eigenvalue weighted by atomic mass is 10.2. The van der Waals surface area contributed by atoms with E-state index in [1.807, 2.05) is 6.07 Å². The van der Waals surface area contributed by atoms with Gasteiger partial charge < -0.3 is 5.32 Å². The topological polar surface area (TPSA) is 61.6 Å². The van der Waals surface area contributed by atoms with Gasteiger partial charge in [-0.05, 0) is 17.5 Å². The summed E-state index contributed by atoms with van der Waals surface area (Å²) in [5, 5.41) is 12.0. The quantitative estimate of drug-likeness (QED) is 0.776. The number of nitriles is 1. The molecule has 0 bridgehead atoms.